The van der Waals surface area contributed by atoms with E-state index in [-0.39, 0.29) is 0 Å². The molecule has 0 spiro atoms. The molecule has 0 amide bonds. The second-order valence-electron chi connectivity index (χ2n) is 4.08. The smallest absolute Gasteiger partial charge is 0.0595 e. The van der Waals surface area contributed by atoms with Gasteiger partial charge in [-0.05, 0) is 42.1 Å². The molecule has 1 unspecified atom stereocenters. The predicted octanol–water partition coefficient (Wildman–Crippen LogP) is 4.95. The lowest BCUT2D eigenvalue weighted by Gasteiger charge is -2.16. The lowest BCUT2D eigenvalue weighted by atomic mass is 10.0. The molecule has 96 valence electrons. The normalized spacial score (nSPS) is 12.6. The lowest BCUT2D eigenvalue weighted by molar-refractivity contribution is 0.558. The first kappa shape index (κ1) is 13.9. The third kappa shape index (κ3) is 3.48. The Balaban J connectivity index is 2.16. The SMILES string of the molecule is CCNC(Cc1ccc(Cl)c(Cl)c1)c1cccs1. The molecule has 1 heterocycles. The van der Waals surface area contributed by atoms with Crippen molar-refractivity contribution in [1.82, 2.24) is 5.32 Å². The van der Waals surface area contributed by atoms with Gasteiger partial charge in [-0.1, -0.05) is 42.3 Å². The fourth-order valence-corrected chi connectivity index (χ4v) is 3.03. The van der Waals surface area contributed by atoms with Gasteiger partial charge in [0.1, 0.15) is 0 Å². The first-order chi connectivity index (χ1) is 8.70. The molecule has 0 saturated heterocycles. The lowest BCUT2D eigenvalue weighted by Crippen LogP contribution is -2.22. The molecule has 18 heavy (non-hydrogen) atoms. The van der Waals surface area contributed by atoms with Gasteiger partial charge < -0.3 is 5.32 Å². The zero-order chi connectivity index (χ0) is 13.0. The Bertz CT molecular complexity index is 497. The molecule has 1 aromatic carbocycles. The summed E-state index contributed by atoms with van der Waals surface area (Å²) in [6.07, 6.45) is 0.922. The summed E-state index contributed by atoms with van der Waals surface area (Å²) in [5.74, 6) is 0. The van der Waals surface area contributed by atoms with Gasteiger partial charge >= 0.3 is 0 Å². The van der Waals surface area contributed by atoms with Crippen molar-refractivity contribution in [1.29, 1.82) is 0 Å². The van der Waals surface area contributed by atoms with Gasteiger partial charge in [-0.15, -0.1) is 11.3 Å². The van der Waals surface area contributed by atoms with Gasteiger partial charge in [-0.25, -0.2) is 0 Å². The van der Waals surface area contributed by atoms with E-state index in [2.05, 4.69) is 29.8 Å². The van der Waals surface area contributed by atoms with E-state index in [1.807, 2.05) is 18.2 Å². The van der Waals surface area contributed by atoms with Gasteiger partial charge in [0, 0.05) is 10.9 Å². The van der Waals surface area contributed by atoms with E-state index in [1.165, 1.54) is 10.4 Å². The Morgan fingerprint density at radius 2 is 2.06 bits per heavy atom. The molecule has 2 rings (SSSR count). The maximum Gasteiger partial charge on any atom is 0.0595 e. The van der Waals surface area contributed by atoms with Crippen LogP contribution in [0.2, 0.25) is 10.0 Å². The molecule has 0 saturated carbocycles. The highest BCUT2D eigenvalue weighted by molar-refractivity contribution is 7.10. The molecule has 0 fully saturated rings. The average Bonchev–Trinajstić information content (AvgIpc) is 2.87. The molecular weight excluding hydrogens is 285 g/mol. The molecule has 0 aliphatic heterocycles. The zero-order valence-electron chi connectivity index (χ0n) is 10.1. The first-order valence-corrected chi connectivity index (χ1v) is 7.55. The minimum absolute atomic E-state index is 0.340. The Morgan fingerprint density at radius 1 is 1.22 bits per heavy atom. The van der Waals surface area contributed by atoms with Crippen LogP contribution >= 0.6 is 34.5 Å². The minimum atomic E-state index is 0.340. The Hall–Kier alpha value is -0.540. The summed E-state index contributed by atoms with van der Waals surface area (Å²) in [5, 5.41) is 6.84. The van der Waals surface area contributed by atoms with Crippen LogP contribution in [0.5, 0.6) is 0 Å². The van der Waals surface area contributed by atoms with E-state index in [0.717, 1.165) is 13.0 Å². The van der Waals surface area contributed by atoms with Crippen LogP contribution in [0.25, 0.3) is 0 Å². The zero-order valence-corrected chi connectivity index (χ0v) is 12.4. The van der Waals surface area contributed by atoms with Crippen LogP contribution in [0.15, 0.2) is 35.7 Å². The van der Waals surface area contributed by atoms with Crippen molar-refractivity contribution in [2.75, 3.05) is 6.54 Å². The van der Waals surface area contributed by atoms with Gasteiger partial charge in [0.05, 0.1) is 10.0 Å². The highest BCUT2D eigenvalue weighted by Gasteiger charge is 2.12. The van der Waals surface area contributed by atoms with Crippen LogP contribution < -0.4 is 5.32 Å². The first-order valence-electron chi connectivity index (χ1n) is 5.91. The maximum atomic E-state index is 6.05. The topological polar surface area (TPSA) is 12.0 Å². The summed E-state index contributed by atoms with van der Waals surface area (Å²) >= 11 is 13.8. The molecule has 0 aliphatic carbocycles. The average molecular weight is 300 g/mol. The van der Waals surface area contributed by atoms with Crippen molar-refractivity contribution in [3.63, 3.8) is 0 Å². The number of rotatable bonds is 5. The molecule has 2 aromatic rings. The Labute approximate surface area is 122 Å². The molecule has 0 radical (unpaired) electrons. The molecule has 4 heteroatoms. The third-order valence-electron chi connectivity index (χ3n) is 2.76. The van der Waals surface area contributed by atoms with Crippen molar-refractivity contribution < 1.29 is 0 Å². The highest BCUT2D eigenvalue weighted by atomic mass is 35.5. The van der Waals surface area contributed by atoms with Crippen LogP contribution in [0.1, 0.15) is 23.4 Å². The molecule has 1 N–H and O–H groups in total. The molecule has 0 bridgehead atoms. The van der Waals surface area contributed by atoms with Crippen molar-refractivity contribution >= 4 is 34.5 Å². The third-order valence-corrected chi connectivity index (χ3v) is 4.49. The van der Waals surface area contributed by atoms with Gasteiger partial charge in [0.2, 0.25) is 0 Å². The number of halogens is 2. The van der Waals surface area contributed by atoms with Crippen LogP contribution in [-0.4, -0.2) is 6.54 Å². The maximum absolute atomic E-state index is 6.05. The summed E-state index contributed by atoms with van der Waals surface area (Å²) in [7, 11) is 0. The van der Waals surface area contributed by atoms with Gasteiger partial charge in [0.15, 0.2) is 0 Å². The summed E-state index contributed by atoms with van der Waals surface area (Å²) in [6, 6.07) is 10.4. The Morgan fingerprint density at radius 3 is 2.67 bits per heavy atom. The minimum Gasteiger partial charge on any atom is -0.309 e. The van der Waals surface area contributed by atoms with Crippen molar-refractivity contribution in [2.24, 2.45) is 0 Å². The van der Waals surface area contributed by atoms with Crippen LogP contribution in [0.4, 0.5) is 0 Å². The highest BCUT2D eigenvalue weighted by Crippen LogP contribution is 2.27. The fraction of sp³-hybridized carbons (Fsp3) is 0.286. The quantitative estimate of drug-likeness (QED) is 0.824. The number of hydrogen-bond donors (Lipinski definition) is 1. The summed E-state index contributed by atoms with van der Waals surface area (Å²) < 4.78 is 0. The van der Waals surface area contributed by atoms with Crippen molar-refractivity contribution in [2.45, 2.75) is 19.4 Å². The predicted molar refractivity (Wildman–Crippen MR) is 80.9 cm³/mol. The second-order valence-corrected chi connectivity index (χ2v) is 5.87. The molecule has 1 nitrogen and oxygen atoms in total. The van der Waals surface area contributed by atoms with E-state index < -0.39 is 0 Å². The summed E-state index contributed by atoms with van der Waals surface area (Å²) in [4.78, 5) is 1.35. The summed E-state index contributed by atoms with van der Waals surface area (Å²) in [5.41, 5.74) is 1.20. The Kier molecular flexibility index (Phi) is 5.07. The number of thiophene rings is 1. The van der Waals surface area contributed by atoms with E-state index >= 15 is 0 Å². The summed E-state index contributed by atoms with van der Waals surface area (Å²) in [6.45, 7) is 3.07. The van der Waals surface area contributed by atoms with Crippen molar-refractivity contribution in [3.8, 4) is 0 Å². The van der Waals surface area contributed by atoms with Crippen molar-refractivity contribution in [3.05, 3.63) is 56.2 Å². The number of nitrogens with one attached hydrogen (secondary N) is 1. The standard InChI is InChI=1S/C14H15Cl2NS/c1-2-17-13(14-4-3-7-18-14)9-10-5-6-11(15)12(16)8-10/h3-8,13,17H,2,9H2,1H3. The van der Waals surface area contributed by atoms with E-state index in [0.29, 0.717) is 16.1 Å². The van der Waals surface area contributed by atoms with E-state index in [1.54, 1.807) is 11.3 Å². The monoisotopic (exact) mass is 299 g/mol. The fourth-order valence-electron chi connectivity index (χ4n) is 1.91. The molecule has 0 aliphatic rings. The molecule has 1 aromatic heterocycles. The molecule has 1 atom stereocenters. The van der Waals surface area contributed by atoms with E-state index in [9.17, 15) is 0 Å². The second kappa shape index (κ2) is 6.58. The van der Waals surface area contributed by atoms with Crippen LogP contribution in [0.3, 0.4) is 0 Å². The van der Waals surface area contributed by atoms with Gasteiger partial charge in [0.25, 0.3) is 0 Å². The number of hydrogen-bond acceptors (Lipinski definition) is 2. The largest absolute Gasteiger partial charge is 0.309 e. The van der Waals surface area contributed by atoms with Crippen LogP contribution in [-0.2, 0) is 6.42 Å². The van der Waals surface area contributed by atoms with Gasteiger partial charge in [-0.2, -0.15) is 0 Å². The van der Waals surface area contributed by atoms with Gasteiger partial charge in [-0.3, -0.25) is 0 Å². The number of benzene rings is 1. The van der Waals surface area contributed by atoms with Crippen LogP contribution in [0, 0.1) is 0 Å². The number of likely N-dealkylation sites (N-methyl/N-ethyl adjacent to an activating group) is 1. The molecular formula is C14H15Cl2NS. The van der Waals surface area contributed by atoms with E-state index in [4.69, 9.17) is 23.2 Å².